The third-order valence-corrected chi connectivity index (χ3v) is 11.2. The standard InChI is InChI=1S/C33H39FN6O3S/c1-21-22(2)24(4)32(25(5)23(21)3)44(42,43)39-16-14-38(15-17-39)33(41)27-8-7-9-29(19-27)40-20-31(36-37-40)30(35-6)18-26-10-12-28(34)13-11-26/h7-13,19-20,30,35H,14-18H2,1-6H3. The van der Waals surface area contributed by atoms with Crippen LogP contribution >= 0.6 is 0 Å². The fraction of sp³-hybridized carbons (Fsp3) is 0.364. The van der Waals surface area contributed by atoms with Crippen LogP contribution in [0.3, 0.4) is 0 Å². The van der Waals surface area contributed by atoms with Gasteiger partial charge in [0.05, 0.1) is 22.8 Å². The molecular formula is C33H39FN6O3S. The highest BCUT2D eigenvalue weighted by atomic mass is 32.2. The molecule has 0 bridgehead atoms. The molecular weight excluding hydrogens is 579 g/mol. The molecule has 1 amide bonds. The molecule has 11 heteroatoms. The van der Waals surface area contributed by atoms with E-state index in [-0.39, 0.29) is 30.9 Å². The van der Waals surface area contributed by atoms with E-state index >= 15 is 0 Å². The Balaban J connectivity index is 1.28. The molecule has 0 radical (unpaired) electrons. The van der Waals surface area contributed by atoms with Crippen molar-refractivity contribution in [1.29, 1.82) is 0 Å². The molecule has 9 nitrogen and oxygen atoms in total. The van der Waals surface area contributed by atoms with Gasteiger partial charge in [0.25, 0.3) is 5.91 Å². The molecule has 5 rings (SSSR count). The minimum Gasteiger partial charge on any atom is -0.336 e. The lowest BCUT2D eigenvalue weighted by Crippen LogP contribution is -2.50. The number of sulfonamides is 1. The summed E-state index contributed by atoms with van der Waals surface area (Å²) in [7, 11) is -1.88. The maximum absolute atomic E-state index is 13.8. The molecule has 3 aromatic carbocycles. The molecule has 4 aromatic rings. The Bertz CT molecular complexity index is 1770. The highest BCUT2D eigenvalue weighted by Crippen LogP contribution is 2.32. The number of nitrogens with one attached hydrogen (secondary N) is 1. The molecule has 0 saturated carbocycles. The van der Waals surface area contributed by atoms with Gasteiger partial charge in [-0.05, 0) is 112 Å². The third-order valence-electron chi connectivity index (χ3n) is 8.98. The summed E-state index contributed by atoms with van der Waals surface area (Å²) in [6, 6.07) is 13.4. The Labute approximate surface area is 258 Å². The van der Waals surface area contributed by atoms with E-state index in [4.69, 9.17) is 0 Å². The summed E-state index contributed by atoms with van der Waals surface area (Å²) >= 11 is 0. The first-order valence-electron chi connectivity index (χ1n) is 14.7. The van der Waals surface area contributed by atoms with Crippen LogP contribution in [0.5, 0.6) is 0 Å². The second-order valence-electron chi connectivity index (χ2n) is 11.5. The minimum atomic E-state index is -3.72. The van der Waals surface area contributed by atoms with Crippen LogP contribution in [0.4, 0.5) is 4.39 Å². The second kappa shape index (κ2) is 12.6. The highest BCUT2D eigenvalue weighted by molar-refractivity contribution is 7.89. The molecule has 0 aliphatic carbocycles. The van der Waals surface area contributed by atoms with E-state index in [1.165, 1.54) is 16.4 Å². The van der Waals surface area contributed by atoms with Crippen molar-refractivity contribution < 1.29 is 17.6 Å². The van der Waals surface area contributed by atoms with Gasteiger partial charge in [-0.15, -0.1) is 5.10 Å². The van der Waals surface area contributed by atoms with Gasteiger partial charge < -0.3 is 10.2 Å². The average Bonchev–Trinajstić information content (AvgIpc) is 3.52. The Morgan fingerprint density at radius 1 is 0.909 bits per heavy atom. The van der Waals surface area contributed by atoms with Crippen molar-refractivity contribution >= 4 is 15.9 Å². The van der Waals surface area contributed by atoms with Crippen LogP contribution in [-0.4, -0.2) is 71.8 Å². The van der Waals surface area contributed by atoms with Crippen LogP contribution in [0.25, 0.3) is 5.69 Å². The molecule has 44 heavy (non-hydrogen) atoms. The number of carbonyl (C=O) groups excluding carboxylic acids is 1. The highest BCUT2D eigenvalue weighted by Gasteiger charge is 2.33. The lowest BCUT2D eigenvalue weighted by Gasteiger charge is -2.35. The summed E-state index contributed by atoms with van der Waals surface area (Å²) < 4.78 is 44.0. The van der Waals surface area contributed by atoms with Crippen LogP contribution in [-0.2, 0) is 16.4 Å². The largest absolute Gasteiger partial charge is 0.336 e. The number of carbonyl (C=O) groups is 1. The third kappa shape index (κ3) is 6.04. The molecule has 1 atom stereocenters. The van der Waals surface area contributed by atoms with Crippen molar-refractivity contribution in [3.63, 3.8) is 0 Å². The Hall–Kier alpha value is -3.93. The van der Waals surface area contributed by atoms with Gasteiger partial charge in [-0.25, -0.2) is 17.5 Å². The normalized spacial score (nSPS) is 15.0. The van der Waals surface area contributed by atoms with Crippen molar-refractivity contribution in [3.05, 3.63) is 105 Å². The number of halogens is 1. The minimum absolute atomic E-state index is 0.132. The number of aromatic nitrogens is 3. The van der Waals surface area contributed by atoms with Gasteiger partial charge in [-0.1, -0.05) is 23.4 Å². The molecule has 1 aliphatic rings. The van der Waals surface area contributed by atoms with Gasteiger partial charge in [0.15, 0.2) is 0 Å². The zero-order valence-electron chi connectivity index (χ0n) is 26.1. The monoisotopic (exact) mass is 618 g/mol. The zero-order valence-corrected chi connectivity index (χ0v) is 26.9. The fourth-order valence-corrected chi connectivity index (χ4v) is 7.83. The number of piperazine rings is 1. The Morgan fingerprint density at radius 2 is 1.52 bits per heavy atom. The molecule has 0 spiro atoms. The van der Waals surface area contributed by atoms with E-state index < -0.39 is 10.0 Å². The van der Waals surface area contributed by atoms with E-state index in [9.17, 15) is 17.6 Å². The number of rotatable bonds is 8. The number of likely N-dealkylation sites (N-methyl/N-ethyl adjacent to an activating group) is 1. The Kier molecular flexibility index (Phi) is 9.01. The van der Waals surface area contributed by atoms with Gasteiger partial charge in [-0.2, -0.15) is 4.31 Å². The summed E-state index contributed by atoms with van der Waals surface area (Å²) in [4.78, 5) is 15.6. The molecule has 1 unspecified atom stereocenters. The summed E-state index contributed by atoms with van der Waals surface area (Å²) in [5.74, 6) is -0.442. The molecule has 1 aliphatic heterocycles. The van der Waals surface area contributed by atoms with Crippen molar-refractivity contribution in [2.75, 3.05) is 33.2 Å². The van der Waals surface area contributed by atoms with E-state index in [0.29, 0.717) is 35.7 Å². The summed E-state index contributed by atoms with van der Waals surface area (Å²) in [6.45, 7) is 10.7. The van der Waals surface area contributed by atoms with E-state index in [1.54, 1.807) is 39.9 Å². The number of amides is 1. The number of nitrogens with zero attached hydrogens (tertiary/aromatic N) is 5. The molecule has 232 valence electrons. The first kappa shape index (κ1) is 31.5. The SMILES string of the molecule is CNC(Cc1ccc(F)cc1)c1cn(-c2cccc(C(=O)N3CCN(S(=O)(=O)c4c(C)c(C)c(C)c(C)c4C)CC3)c2)nn1. The van der Waals surface area contributed by atoms with E-state index in [0.717, 1.165) is 39.1 Å². The van der Waals surface area contributed by atoms with Gasteiger partial charge in [0, 0.05) is 31.7 Å². The fourth-order valence-electron chi connectivity index (χ4n) is 5.85. The number of hydrogen-bond acceptors (Lipinski definition) is 6. The quantitative estimate of drug-likeness (QED) is 0.310. The zero-order chi connectivity index (χ0) is 31.8. The van der Waals surface area contributed by atoms with Crippen molar-refractivity contribution in [2.24, 2.45) is 0 Å². The van der Waals surface area contributed by atoms with Gasteiger partial charge in [0.2, 0.25) is 10.0 Å². The molecule has 1 aromatic heterocycles. The number of hydrogen-bond donors (Lipinski definition) is 1. The summed E-state index contributed by atoms with van der Waals surface area (Å²) in [5, 5.41) is 11.9. The smallest absolute Gasteiger partial charge is 0.254 e. The average molecular weight is 619 g/mol. The Morgan fingerprint density at radius 3 is 2.14 bits per heavy atom. The molecule has 2 heterocycles. The summed E-state index contributed by atoms with van der Waals surface area (Å²) in [5.41, 5.74) is 7.54. The predicted molar refractivity (Wildman–Crippen MR) is 168 cm³/mol. The molecule has 1 N–H and O–H groups in total. The van der Waals surface area contributed by atoms with Crippen LogP contribution in [0.15, 0.2) is 59.6 Å². The van der Waals surface area contributed by atoms with Crippen LogP contribution in [0, 0.1) is 40.4 Å². The lowest BCUT2D eigenvalue weighted by atomic mass is 9.95. The van der Waals surface area contributed by atoms with Crippen LogP contribution in [0.1, 0.15) is 55.5 Å². The van der Waals surface area contributed by atoms with Crippen molar-refractivity contribution in [2.45, 2.75) is 52.0 Å². The predicted octanol–water partition coefficient (Wildman–Crippen LogP) is 4.60. The number of benzene rings is 3. The maximum Gasteiger partial charge on any atom is 0.254 e. The first-order chi connectivity index (χ1) is 20.9. The second-order valence-corrected chi connectivity index (χ2v) is 13.3. The molecule has 1 saturated heterocycles. The van der Waals surface area contributed by atoms with Gasteiger partial charge >= 0.3 is 0 Å². The van der Waals surface area contributed by atoms with Crippen LogP contribution < -0.4 is 5.32 Å². The van der Waals surface area contributed by atoms with E-state index in [1.807, 2.05) is 53.9 Å². The maximum atomic E-state index is 13.8. The topological polar surface area (TPSA) is 100 Å². The van der Waals surface area contributed by atoms with Crippen molar-refractivity contribution in [1.82, 2.24) is 29.5 Å². The molecule has 1 fully saturated rings. The van der Waals surface area contributed by atoms with E-state index in [2.05, 4.69) is 15.6 Å². The first-order valence-corrected chi connectivity index (χ1v) is 16.2. The van der Waals surface area contributed by atoms with Gasteiger partial charge in [0.1, 0.15) is 11.5 Å². The van der Waals surface area contributed by atoms with Crippen LogP contribution in [0.2, 0.25) is 0 Å². The summed E-state index contributed by atoms with van der Waals surface area (Å²) in [6.07, 6.45) is 2.42. The van der Waals surface area contributed by atoms with Gasteiger partial charge in [-0.3, -0.25) is 4.79 Å². The lowest BCUT2D eigenvalue weighted by molar-refractivity contribution is 0.0698. The van der Waals surface area contributed by atoms with Crippen molar-refractivity contribution in [3.8, 4) is 5.69 Å².